The van der Waals surface area contributed by atoms with E-state index in [2.05, 4.69) is 15.6 Å². The Kier molecular flexibility index (Phi) is 6.93. The number of hydrogen-bond acceptors (Lipinski definition) is 4. The van der Waals surface area contributed by atoms with Gasteiger partial charge in [-0.25, -0.2) is 9.37 Å². The third-order valence-corrected chi connectivity index (χ3v) is 4.42. The lowest BCUT2D eigenvalue weighted by molar-refractivity contribution is -0.120. The number of aryl methyl sites for hydroxylation is 1. The highest BCUT2D eigenvalue weighted by Crippen LogP contribution is 2.31. The van der Waals surface area contributed by atoms with Crippen LogP contribution in [0.1, 0.15) is 23.5 Å². The second kappa shape index (κ2) is 8.22. The Labute approximate surface area is 139 Å². The maximum atomic E-state index is 13.0. The summed E-state index contributed by atoms with van der Waals surface area (Å²) in [7, 11) is 1.73. The van der Waals surface area contributed by atoms with E-state index in [1.165, 1.54) is 23.5 Å². The first-order valence-electron chi connectivity index (χ1n) is 6.68. The van der Waals surface area contributed by atoms with Gasteiger partial charge in [-0.2, -0.15) is 0 Å². The number of nitrogens with zero attached hydrogens (tertiary/aromatic N) is 1. The van der Waals surface area contributed by atoms with Gasteiger partial charge in [0.1, 0.15) is 10.8 Å². The van der Waals surface area contributed by atoms with Crippen LogP contribution in [0.4, 0.5) is 4.39 Å². The molecule has 1 aromatic carbocycles. The van der Waals surface area contributed by atoms with Crippen LogP contribution >= 0.6 is 23.7 Å². The van der Waals surface area contributed by atoms with Crippen molar-refractivity contribution >= 4 is 29.7 Å². The second-order valence-electron chi connectivity index (χ2n) is 4.80. The van der Waals surface area contributed by atoms with Crippen LogP contribution in [0.15, 0.2) is 24.3 Å². The number of rotatable bonds is 5. The number of likely N-dealkylation sites (N-methyl/N-ethyl adjacent to an activating group) is 1. The molecule has 0 saturated carbocycles. The molecular formula is C15H19ClFN3OS. The van der Waals surface area contributed by atoms with Crippen LogP contribution in [0.25, 0.3) is 10.6 Å². The number of carbonyl (C=O) groups is 1. The van der Waals surface area contributed by atoms with Gasteiger partial charge in [0.15, 0.2) is 0 Å². The Morgan fingerprint density at radius 3 is 2.59 bits per heavy atom. The minimum Gasteiger partial charge on any atom is -0.348 e. The molecule has 1 unspecified atom stereocenters. The molecule has 2 rings (SSSR count). The molecule has 7 heteroatoms. The van der Waals surface area contributed by atoms with E-state index in [0.29, 0.717) is 0 Å². The topological polar surface area (TPSA) is 54.0 Å². The zero-order chi connectivity index (χ0) is 15.4. The van der Waals surface area contributed by atoms with Gasteiger partial charge in [-0.05, 0) is 45.2 Å². The van der Waals surface area contributed by atoms with Gasteiger partial charge in [0.2, 0.25) is 5.91 Å². The van der Waals surface area contributed by atoms with Gasteiger partial charge >= 0.3 is 0 Å². The lowest BCUT2D eigenvalue weighted by Gasteiger charge is -2.12. The molecular weight excluding hydrogens is 325 g/mol. The fourth-order valence-corrected chi connectivity index (χ4v) is 3.12. The normalized spacial score (nSPS) is 11.6. The van der Waals surface area contributed by atoms with Crippen molar-refractivity contribution in [3.8, 4) is 10.6 Å². The van der Waals surface area contributed by atoms with Gasteiger partial charge in [0.05, 0.1) is 23.2 Å². The first-order chi connectivity index (χ1) is 10.0. The molecule has 4 nitrogen and oxygen atoms in total. The molecule has 0 aliphatic heterocycles. The van der Waals surface area contributed by atoms with E-state index < -0.39 is 0 Å². The maximum Gasteiger partial charge on any atom is 0.234 e. The highest BCUT2D eigenvalue weighted by atomic mass is 35.5. The van der Waals surface area contributed by atoms with E-state index in [9.17, 15) is 9.18 Å². The number of hydrogen-bond donors (Lipinski definition) is 2. The van der Waals surface area contributed by atoms with Crippen molar-refractivity contribution < 1.29 is 9.18 Å². The molecule has 2 aromatic rings. The molecule has 2 N–H and O–H groups in total. The van der Waals surface area contributed by atoms with Crippen molar-refractivity contribution in [2.45, 2.75) is 19.9 Å². The third-order valence-electron chi connectivity index (χ3n) is 3.03. The minimum absolute atomic E-state index is 0. The van der Waals surface area contributed by atoms with Crippen molar-refractivity contribution in [2.24, 2.45) is 0 Å². The zero-order valence-corrected chi connectivity index (χ0v) is 14.3. The van der Waals surface area contributed by atoms with Gasteiger partial charge in [0, 0.05) is 5.56 Å². The summed E-state index contributed by atoms with van der Waals surface area (Å²) in [5.41, 5.74) is 1.76. The SMILES string of the molecule is CNCC(=O)NC(C)c1sc(-c2ccc(F)cc2)nc1C.Cl. The first-order valence-corrected chi connectivity index (χ1v) is 7.50. The van der Waals surface area contributed by atoms with E-state index in [4.69, 9.17) is 0 Å². The highest BCUT2D eigenvalue weighted by molar-refractivity contribution is 7.15. The summed E-state index contributed by atoms with van der Waals surface area (Å²) >= 11 is 1.52. The molecule has 1 atom stereocenters. The Bertz CT molecular complexity index is 630. The summed E-state index contributed by atoms with van der Waals surface area (Å²) < 4.78 is 13.0. The van der Waals surface area contributed by atoms with Crippen LogP contribution < -0.4 is 10.6 Å². The standard InChI is InChI=1S/C15H18FN3OS.ClH/c1-9(18-13(20)8-17-3)14-10(2)19-15(21-14)11-4-6-12(16)7-5-11;/h4-7,9,17H,8H2,1-3H3,(H,18,20);1H. The van der Waals surface area contributed by atoms with E-state index in [1.54, 1.807) is 19.2 Å². The molecule has 0 saturated heterocycles. The van der Waals surface area contributed by atoms with Crippen LogP contribution in [0.5, 0.6) is 0 Å². The van der Waals surface area contributed by atoms with Crippen molar-refractivity contribution in [1.82, 2.24) is 15.6 Å². The molecule has 0 radical (unpaired) electrons. The molecule has 0 spiro atoms. The zero-order valence-electron chi connectivity index (χ0n) is 12.6. The van der Waals surface area contributed by atoms with Crippen LogP contribution in [-0.2, 0) is 4.79 Å². The molecule has 0 aliphatic rings. The van der Waals surface area contributed by atoms with Crippen LogP contribution in [0, 0.1) is 12.7 Å². The quantitative estimate of drug-likeness (QED) is 0.877. The Hall–Kier alpha value is -1.50. The molecule has 1 aromatic heterocycles. The highest BCUT2D eigenvalue weighted by Gasteiger charge is 2.16. The number of carbonyl (C=O) groups excluding carboxylic acids is 1. The lowest BCUT2D eigenvalue weighted by Crippen LogP contribution is -2.33. The maximum absolute atomic E-state index is 13.0. The third kappa shape index (κ3) is 4.50. The van der Waals surface area contributed by atoms with Crippen molar-refractivity contribution in [3.05, 3.63) is 40.7 Å². The fraction of sp³-hybridized carbons (Fsp3) is 0.333. The lowest BCUT2D eigenvalue weighted by atomic mass is 10.2. The van der Waals surface area contributed by atoms with Crippen molar-refractivity contribution in [1.29, 1.82) is 0 Å². The molecule has 0 fully saturated rings. The first kappa shape index (κ1) is 18.5. The molecule has 0 bridgehead atoms. The van der Waals surface area contributed by atoms with Gasteiger partial charge in [-0.15, -0.1) is 23.7 Å². The summed E-state index contributed by atoms with van der Waals surface area (Å²) in [6, 6.07) is 6.16. The van der Waals surface area contributed by atoms with E-state index >= 15 is 0 Å². The van der Waals surface area contributed by atoms with Crippen LogP contribution in [0.2, 0.25) is 0 Å². The number of thiazole rings is 1. The Morgan fingerprint density at radius 2 is 2.00 bits per heavy atom. The van der Waals surface area contributed by atoms with Crippen molar-refractivity contribution in [2.75, 3.05) is 13.6 Å². The number of amides is 1. The molecule has 22 heavy (non-hydrogen) atoms. The molecule has 120 valence electrons. The summed E-state index contributed by atoms with van der Waals surface area (Å²) in [4.78, 5) is 17.1. The summed E-state index contributed by atoms with van der Waals surface area (Å²) in [5, 5.41) is 6.57. The number of nitrogens with one attached hydrogen (secondary N) is 2. The van der Waals surface area contributed by atoms with Gasteiger partial charge in [-0.1, -0.05) is 0 Å². The van der Waals surface area contributed by atoms with Crippen LogP contribution in [-0.4, -0.2) is 24.5 Å². The second-order valence-corrected chi connectivity index (χ2v) is 5.83. The van der Waals surface area contributed by atoms with Gasteiger partial charge in [-0.3, -0.25) is 4.79 Å². The average Bonchev–Trinajstić information content (AvgIpc) is 2.82. The van der Waals surface area contributed by atoms with E-state index in [1.807, 2.05) is 13.8 Å². The number of benzene rings is 1. The average molecular weight is 344 g/mol. The molecule has 0 aliphatic carbocycles. The Morgan fingerprint density at radius 1 is 1.36 bits per heavy atom. The number of aromatic nitrogens is 1. The van der Waals surface area contributed by atoms with Crippen LogP contribution in [0.3, 0.4) is 0 Å². The van der Waals surface area contributed by atoms with Crippen molar-refractivity contribution in [3.63, 3.8) is 0 Å². The molecule has 1 heterocycles. The predicted molar refractivity (Wildman–Crippen MR) is 90.0 cm³/mol. The molecule has 1 amide bonds. The Balaban J connectivity index is 0.00000242. The van der Waals surface area contributed by atoms with E-state index in [-0.39, 0.29) is 36.7 Å². The smallest absolute Gasteiger partial charge is 0.234 e. The summed E-state index contributed by atoms with van der Waals surface area (Å²) in [6.07, 6.45) is 0. The summed E-state index contributed by atoms with van der Waals surface area (Å²) in [6.45, 7) is 4.13. The minimum atomic E-state index is -0.264. The summed E-state index contributed by atoms with van der Waals surface area (Å²) in [5.74, 6) is -0.318. The van der Waals surface area contributed by atoms with Gasteiger partial charge < -0.3 is 10.6 Å². The largest absolute Gasteiger partial charge is 0.348 e. The fourth-order valence-electron chi connectivity index (χ4n) is 2.04. The predicted octanol–water partition coefficient (Wildman–Crippen LogP) is 3.08. The number of halogens is 2. The monoisotopic (exact) mass is 343 g/mol. The van der Waals surface area contributed by atoms with Gasteiger partial charge in [0.25, 0.3) is 0 Å². The van der Waals surface area contributed by atoms with E-state index in [0.717, 1.165) is 21.1 Å².